The first-order chi connectivity index (χ1) is 10.7. The molecule has 0 aliphatic heterocycles. The molecule has 2 aromatic heterocycles. The van der Waals surface area contributed by atoms with Gasteiger partial charge in [0.25, 0.3) is 0 Å². The van der Waals surface area contributed by atoms with Gasteiger partial charge >= 0.3 is 6.18 Å². The minimum atomic E-state index is -4.84. The molecule has 3 aromatic rings. The molecule has 0 radical (unpaired) electrons. The summed E-state index contributed by atoms with van der Waals surface area (Å²) in [6, 6.07) is 4.77. The molecular formula is C14H9F4N3O2. The van der Waals surface area contributed by atoms with Gasteiger partial charge in [0, 0.05) is 12.6 Å². The smallest absolute Gasteiger partial charge is 0.435 e. The number of aromatic nitrogens is 3. The van der Waals surface area contributed by atoms with Gasteiger partial charge in [-0.15, -0.1) is 0 Å². The van der Waals surface area contributed by atoms with Gasteiger partial charge in [0.1, 0.15) is 16.9 Å². The maximum atomic E-state index is 13.0. The van der Waals surface area contributed by atoms with Crippen molar-refractivity contribution in [2.75, 3.05) is 0 Å². The lowest BCUT2D eigenvalue weighted by Crippen LogP contribution is -2.12. The minimum Gasteiger partial charge on any atom is -0.503 e. The normalized spacial score (nSPS) is 12.0. The number of halogens is 4. The van der Waals surface area contributed by atoms with Crippen LogP contribution < -0.4 is 5.43 Å². The molecule has 120 valence electrons. The highest BCUT2D eigenvalue weighted by atomic mass is 19.4. The summed E-state index contributed by atoms with van der Waals surface area (Å²) in [4.78, 5) is 14.7. The van der Waals surface area contributed by atoms with Gasteiger partial charge in [0.05, 0.1) is 5.69 Å². The van der Waals surface area contributed by atoms with Crippen LogP contribution in [0.3, 0.4) is 0 Å². The Bertz CT molecular complexity index is 955. The number of aryl methyl sites for hydroxylation is 1. The molecule has 3 rings (SSSR count). The summed E-state index contributed by atoms with van der Waals surface area (Å²) in [5.41, 5.74) is -2.63. The lowest BCUT2D eigenvalue weighted by atomic mass is 10.1. The number of benzene rings is 1. The molecule has 0 fully saturated rings. The number of hydrogen-bond acceptors (Lipinski definition) is 3. The van der Waals surface area contributed by atoms with Gasteiger partial charge in [0.2, 0.25) is 5.43 Å². The third kappa shape index (κ3) is 2.33. The van der Waals surface area contributed by atoms with Crippen LogP contribution in [0.15, 0.2) is 29.1 Å². The van der Waals surface area contributed by atoms with Gasteiger partial charge < -0.3 is 10.1 Å². The van der Waals surface area contributed by atoms with Gasteiger partial charge in [-0.05, 0) is 24.3 Å². The lowest BCUT2D eigenvalue weighted by molar-refractivity contribution is -0.140. The molecule has 0 saturated carbocycles. The molecule has 0 unspecified atom stereocenters. The maximum absolute atomic E-state index is 13.0. The fourth-order valence-corrected chi connectivity index (χ4v) is 2.32. The third-order valence-corrected chi connectivity index (χ3v) is 3.37. The number of pyridine rings is 1. The predicted octanol–water partition coefficient (Wildman–Crippen LogP) is 2.79. The van der Waals surface area contributed by atoms with Crippen LogP contribution in [0.5, 0.6) is 5.75 Å². The van der Waals surface area contributed by atoms with E-state index < -0.39 is 34.3 Å². The van der Waals surface area contributed by atoms with Crippen LogP contribution in [0.4, 0.5) is 17.6 Å². The van der Waals surface area contributed by atoms with Crippen LogP contribution in [-0.4, -0.2) is 19.9 Å². The number of nitrogens with one attached hydrogen (secondary N) is 1. The zero-order valence-electron chi connectivity index (χ0n) is 11.6. The Morgan fingerprint density at radius 3 is 2.39 bits per heavy atom. The van der Waals surface area contributed by atoms with Crippen LogP contribution in [0.25, 0.3) is 22.3 Å². The van der Waals surface area contributed by atoms with E-state index in [0.717, 1.165) is 16.8 Å². The van der Waals surface area contributed by atoms with Crippen LogP contribution in [0, 0.1) is 5.82 Å². The summed E-state index contributed by atoms with van der Waals surface area (Å²) in [7, 11) is 1.24. The SMILES string of the molecule is Cn1nc(C(F)(F)F)c2c(=O)c(O)c(-c3ccc(F)cc3)[nH]c21. The summed E-state index contributed by atoms with van der Waals surface area (Å²) in [6.07, 6.45) is -4.84. The van der Waals surface area contributed by atoms with E-state index in [-0.39, 0.29) is 16.9 Å². The molecule has 0 aliphatic carbocycles. The second-order valence-corrected chi connectivity index (χ2v) is 4.88. The number of hydrogen-bond donors (Lipinski definition) is 2. The van der Waals surface area contributed by atoms with Crippen LogP contribution in [0.2, 0.25) is 0 Å². The highest BCUT2D eigenvalue weighted by Crippen LogP contribution is 2.34. The van der Waals surface area contributed by atoms with E-state index in [9.17, 15) is 27.5 Å². The highest BCUT2D eigenvalue weighted by Gasteiger charge is 2.38. The molecule has 1 aromatic carbocycles. The fraction of sp³-hybridized carbons (Fsp3) is 0.143. The van der Waals surface area contributed by atoms with Crippen molar-refractivity contribution in [1.29, 1.82) is 0 Å². The average Bonchev–Trinajstić information content (AvgIpc) is 2.81. The summed E-state index contributed by atoms with van der Waals surface area (Å²) < 4.78 is 52.7. The quantitative estimate of drug-likeness (QED) is 0.675. The van der Waals surface area contributed by atoms with E-state index in [4.69, 9.17) is 0 Å². The van der Waals surface area contributed by atoms with E-state index in [2.05, 4.69) is 10.1 Å². The van der Waals surface area contributed by atoms with E-state index >= 15 is 0 Å². The molecule has 0 saturated heterocycles. The second-order valence-electron chi connectivity index (χ2n) is 4.88. The Balaban J connectivity index is 2.37. The van der Waals surface area contributed by atoms with Crippen LogP contribution in [-0.2, 0) is 13.2 Å². The van der Waals surface area contributed by atoms with Crippen molar-refractivity contribution < 1.29 is 22.7 Å². The molecule has 0 bridgehead atoms. The Morgan fingerprint density at radius 1 is 1.22 bits per heavy atom. The second kappa shape index (κ2) is 4.83. The third-order valence-electron chi connectivity index (χ3n) is 3.37. The fourth-order valence-electron chi connectivity index (χ4n) is 2.32. The van der Waals surface area contributed by atoms with Crippen molar-refractivity contribution in [3.05, 3.63) is 46.0 Å². The first-order valence-electron chi connectivity index (χ1n) is 6.35. The highest BCUT2D eigenvalue weighted by molar-refractivity contribution is 5.84. The van der Waals surface area contributed by atoms with Crippen LogP contribution >= 0.6 is 0 Å². The van der Waals surface area contributed by atoms with E-state index in [1.807, 2.05) is 0 Å². The zero-order chi connectivity index (χ0) is 16.9. The largest absolute Gasteiger partial charge is 0.503 e. The summed E-state index contributed by atoms with van der Waals surface area (Å²) in [5.74, 6) is -1.42. The molecule has 0 spiro atoms. The van der Waals surface area contributed by atoms with E-state index in [0.29, 0.717) is 0 Å². The molecule has 23 heavy (non-hydrogen) atoms. The monoisotopic (exact) mass is 327 g/mol. The van der Waals surface area contributed by atoms with Crippen molar-refractivity contribution in [3.8, 4) is 17.0 Å². The number of nitrogens with zero attached hydrogens (tertiary/aromatic N) is 2. The Kier molecular flexibility index (Phi) is 3.17. The summed E-state index contributed by atoms with van der Waals surface area (Å²) in [5, 5.41) is 12.5. The van der Waals surface area contributed by atoms with E-state index in [1.54, 1.807) is 0 Å². The Morgan fingerprint density at radius 2 is 1.83 bits per heavy atom. The topological polar surface area (TPSA) is 70.9 Å². The van der Waals surface area contributed by atoms with E-state index in [1.165, 1.54) is 19.2 Å². The van der Waals surface area contributed by atoms with Crippen LogP contribution in [0.1, 0.15) is 5.69 Å². The number of alkyl halides is 3. The Labute approximate surface area is 125 Å². The maximum Gasteiger partial charge on any atom is 0.435 e. The van der Waals surface area contributed by atoms with Gasteiger partial charge in [-0.25, -0.2) is 4.39 Å². The Hall–Kier alpha value is -2.84. The molecule has 0 amide bonds. The number of H-pyrrole nitrogens is 1. The van der Waals surface area contributed by atoms with Crippen molar-refractivity contribution in [2.45, 2.75) is 6.18 Å². The molecule has 2 heterocycles. The van der Waals surface area contributed by atoms with Crippen molar-refractivity contribution in [3.63, 3.8) is 0 Å². The number of aromatic hydroxyl groups is 1. The lowest BCUT2D eigenvalue weighted by Gasteiger charge is -2.07. The summed E-state index contributed by atoms with van der Waals surface area (Å²) >= 11 is 0. The molecule has 0 aliphatic rings. The number of rotatable bonds is 1. The zero-order valence-corrected chi connectivity index (χ0v) is 11.6. The molecule has 5 nitrogen and oxygen atoms in total. The summed E-state index contributed by atoms with van der Waals surface area (Å²) in [6.45, 7) is 0. The van der Waals surface area contributed by atoms with Gasteiger partial charge in [0.15, 0.2) is 11.4 Å². The first-order valence-corrected chi connectivity index (χ1v) is 6.35. The minimum absolute atomic E-state index is 0.112. The average molecular weight is 327 g/mol. The van der Waals surface area contributed by atoms with Crippen molar-refractivity contribution >= 4 is 11.0 Å². The molecule has 2 N–H and O–H groups in total. The predicted molar refractivity (Wildman–Crippen MR) is 73.4 cm³/mol. The molecule has 0 atom stereocenters. The first kappa shape index (κ1) is 15.1. The van der Waals surface area contributed by atoms with Gasteiger partial charge in [-0.3, -0.25) is 9.48 Å². The number of aromatic amines is 1. The molecule has 9 heteroatoms. The number of fused-ring (bicyclic) bond motifs is 1. The standard InChI is InChI=1S/C14H9F4N3O2/c1-21-13-8(12(20-21)14(16,17)18)10(22)11(23)9(19-13)6-2-4-7(15)5-3-6/h2-5,23H,1H3,(H,19,22). The molecular weight excluding hydrogens is 318 g/mol. The van der Waals surface area contributed by atoms with Gasteiger partial charge in [-0.1, -0.05) is 0 Å². The van der Waals surface area contributed by atoms with Gasteiger partial charge in [-0.2, -0.15) is 18.3 Å². The van der Waals surface area contributed by atoms with Crippen molar-refractivity contribution in [1.82, 2.24) is 14.8 Å². The van der Waals surface area contributed by atoms with Crippen molar-refractivity contribution in [2.24, 2.45) is 7.05 Å².